The second kappa shape index (κ2) is 5.29. The van der Waals surface area contributed by atoms with Crippen molar-refractivity contribution in [2.75, 3.05) is 0 Å². The zero-order valence-corrected chi connectivity index (χ0v) is 9.89. The van der Waals surface area contributed by atoms with Gasteiger partial charge in [0.25, 0.3) is 0 Å². The van der Waals surface area contributed by atoms with E-state index in [1.165, 1.54) is 30.2 Å². The van der Waals surface area contributed by atoms with Crippen LogP contribution in [0.3, 0.4) is 0 Å². The number of carbonyl (C=O) groups is 1. The van der Waals surface area contributed by atoms with E-state index in [1.807, 2.05) is 0 Å². The average Bonchev–Trinajstić information content (AvgIpc) is 2.39. The molecule has 0 unspecified atom stereocenters. The third-order valence-electron chi connectivity index (χ3n) is 2.08. The monoisotopic (exact) mass is 257 g/mol. The van der Waals surface area contributed by atoms with E-state index in [1.54, 1.807) is 18.3 Å². The van der Waals surface area contributed by atoms with Gasteiger partial charge < -0.3 is 5.11 Å². The number of nitrogens with zero attached hydrogens (tertiary/aromatic N) is 3. The smallest absolute Gasteiger partial charge is 0.354 e. The molecule has 0 fully saturated rings. The largest absolute Gasteiger partial charge is 0.477 e. The van der Waals surface area contributed by atoms with Crippen LogP contribution in [-0.4, -0.2) is 21.0 Å². The third kappa shape index (κ3) is 2.64. The van der Waals surface area contributed by atoms with Crippen molar-refractivity contribution in [3.05, 3.63) is 48.0 Å². The van der Waals surface area contributed by atoms with Crippen molar-refractivity contribution in [2.45, 2.75) is 9.79 Å². The number of pyridine rings is 2. The summed E-state index contributed by atoms with van der Waals surface area (Å²) in [6, 6.07) is 6.82. The van der Waals surface area contributed by atoms with Crippen LogP contribution in [0.1, 0.15) is 16.1 Å². The van der Waals surface area contributed by atoms with Crippen LogP contribution < -0.4 is 0 Å². The number of hydrogen-bond donors (Lipinski definition) is 1. The molecule has 0 bridgehead atoms. The molecule has 0 aliphatic carbocycles. The quantitative estimate of drug-likeness (QED) is 0.906. The average molecular weight is 257 g/mol. The predicted molar refractivity (Wildman–Crippen MR) is 64.3 cm³/mol. The first-order valence-electron chi connectivity index (χ1n) is 4.92. The Morgan fingerprint density at radius 1 is 1.39 bits per heavy atom. The van der Waals surface area contributed by atoms with Crippen molar-refractivity contribution in [3.63, 3.8) is 0 Å². The highest BCUT2D eigenvalue weighted by atomic mass is 32.2. The number of aromatic carboxylic acids is 1. The summed E-state index contributed by atoms with van der Waals surface area (Å²) in [6.07, 6.45) is 4.54. The number of rotatable bonds is 3. The predicted octanol–water partition coefficient (Wildman–Crippen LogP) is 2.20. The maximum Gasteiger partial charge on any atom is 0.354 e. The fraction of sp³-hybridized carbons (Fsp3) is 0. The molecule has 6 heteroatoms. The van der Waals surface area contributed by atoms with Gasteiger partial charge in [-0.3, -0.25) is 4.98 Å². The topological polar surface area (TPSA) is 86.9 Å². The summed E-state index contributed by atoms with van der Waals surface area (Å²) in [5, 5.41) is 17.8. The van der Waals surface area contributed by atoms with Crippen LogP contribution >= 0.6 is 11.8 Å². The van der Waals surface area contributed by atoms with Gasteiger partial charge in [-0.05, 0) is 18.2 Å². The Morgan fingerprint density at radius 3 is 2.94 bits per heavy atom. The van der Waals surface area contributed by atoms with Crippen LogP contribution in [0.15, 0.2) is 46.6 Å². The summed E-state index contributed by atoms with van der Waals surface area (Å²) in [4.78, 5) is 19.8. The maximum absolute atomic E-state index is 10.8. The molecule has 0 saturated heterocycles. The van der Waals surface area contributed by atoms with Crippen LogP contribution in [0.4, 0.5) is 0 Å². The lowest BCUT2D eigenvalue weighted by Crippen LogP contribution is -1.99. The number of carboxylic acids is 1. The minimum absolute atomic E-state index is 0.0256. The highest BCUT2D eigenvalue weighted by Crippen LogP contribution is 2.29. The third-order valence-corrected chi connectivity index (χ3v) is 3.12. The lowest BCUT2D eigenvalue weighted by Gasteiger charge is -2.03. The van der Waals surface area contributed by atoms with Crippen molar-refractivity contribution in [3.8, 4) is 6.07 Å². The molecule has 0 aliphatic heterocycles. The highest BCUT2D eigenvalue weighted by molar-refractivity contribution is 7.99. The Balaban J connectivity index is 2.32. The van der Waals surface area contributed by atoms with E-state index in [0.717, 1.165) is 0 Å². The van der Waals surface area contributed by atoms with Crippen molar-refractivity contribution >= 4 is 17.7 Å². The molecule has 2 rings (SSSR count). The molecule has 0 aromatic carbocycles. The second-order valence-corrected chi connectivity index (χ2v) is 4.38. The van der Waals surface area contributed by atoms with Gasteiger partial charge >= 0.3 is 5.97 Å². The van der Waals surface area contributed by atoms with Gasteiger partial charge in [0.1, 0.15) is 11.8 Å². The zero-order valence-electron chi connectivity index (χ0n) is 9.07. The Morgan fingerprint density at radius 2 is 2.22 bits per heavy atom. The van der Waals surface area contributed by atoms with Crippen molar-refractivity contribution in [1.29, 1.82) is 5.26 Å². The molecule has 1 N–H and O–H groups in total. The van der Waals surface area contributed by atoms with Gasteiger partial charge in [0.2, 0.25) is 0 Å². The summed E-state index contributed by atoms with van der Waals surface area (Å²) in [5.74, 6) is -1.08. The Labute approximate surface area is 107 Å². The van der Waals surface area contributed by atoms with Gasteiger partial charge in [-0.25, -0.2) is 9.78 Å². The number of nitriles is 1. The second-order valence-electron chi connectivity index (χ2n) is 3.27. The van der Waals surface area contributed by atoms with Crippen molar-refractivity contribution in [2.24, 2.45) is 0 Å². The first-order valence-corrected chi connectivity index (χ1v) is 5.73. The molecule has 0 atom stereocenters. The Hall–Kier alpha value is -2.39. The van der Waals surface area contributed by atoms with E-state index in [-0.39, 0.29) is 5.69 Å². The summed E-state index contributed by atoms with van der Waals surface area (Å²) >= 11 is 1.28. The fourth-order valence-corrected chi connectivity index (χ4v) is 2.16. The van der Waals surface area contributed by atoms with Gasteiger partial charge in [0.05, 0.1) is 5.56 Å². The zero-order chi connectivity index (χ0) is 13.0. The van der Waals surface area contributed by atoms with Crippen LogP contribution in [0, 0.1) is 11.3 Å². The fourth-order valence-electron chi connectivity index (χ4n) is 1.27. The standard InChI is InChI=1S/C12H7N3O2S/c13-6-8-1-3-14-7-11(8)18-9-2-4-15-10(5-9)12(16)17/h1-5,7H,(H,16,17). The summed E-state index contributed by atoms with van der Waals surface area (Å²) < 4.78 is 0. The number of hydrogen-bond acceptors (Lipinski definition) is 5. The van der Waals surface area contributed by atoms with Crippen LogP contribution in [-0.2, 0) is 0 Å². The SMILES string of the molecule is N#Cc1ccncc1Sc1ccnc(C(=O)O)c1. The van der Waals surface area contributed by atoms with E-state index in [0.29, 0.717) is 15.4 Å². The maximum atomic E-state index is 10.8. The van der Waals surface area contributed by atoms with Gasteiger partial charge in [-0.2, -0.15) is 5.26 Å². The molecule has 0 spiro atoms. The molecule has 18 heavy (non-hydrogen) atoms. The van der Waals surface area contributed by atoms with Crippen molar-refractivity contribution < 1.29 is 9.90 Å². The molecule has 5 nitrogen and oxygen atoms in total. The van der Waals surface area contributed by atoms with Gasteiger partial charge in [0.15, 0.2) is 0 Å². The normalized spacial score (nSPS) is 9.72. The van der Waals surface area contributed by atoms with Gasteiger partial charge in [-0.15, -0.1) is 0 Å². The van der Waals surface area contributed by atoms with E-state index in [4.69, 9.17) is 10.4 Å². The van der Waals surface area contributed by atoms with E-state index >= 15 is 0 Å². The minimum atomic E-state index is -1.08. The van der Waals surface area contributed by atoms with Crippen LogP contribution in [0.25, 0.3) is 0 Å². The molecule has 0 saturated carbocycles. The Kier molecular flexibility index (Phi) is 3.55. The van der Waals surface area contributed by atoms with Crippen LogP contribution in [0.5, 0.6) is 0 Å². The van der Waals surface area contributed by atoms with E-state index in [2.05, 4.69) is 16.0 Å². The van der Waals surface area contributed by atoms with Gasteiger partial charge in [0, 0.05) is 28.4 Å². The highest BCUT2D eigenvalue weighted by Gasteiger charge is 2.08. The van der Waals surface area contributed by atoms with Gasteiger partial charge in [-0.1, -0.05) is 11.8 Å². The lowest BCUT2D eigenvalue weighted by atomic mass is 10.3. The lowest BCUT2D eigenvalue weighted by molar-refractivity contribution is 0.0690. The molecule has 2 heterocycles. The number of aromatic nitrogens is 2. The van der Waals surface area contributed by atoms with E-state index < -0.39 is 5.97 Å². The molecule has 0 amide bonds. The first-order chi connectivity index (χ1) is 8.70. The molecular formula is C12H7N3O2S. The minimum Gasteiger partial charge on any atom is -0.477 e. The molecular weight excluding hydrogens is 250 g/mol. The Bertz CT molecular complexity index is 637. The molecule has 88 valence electrons. The molecule has 2 aromatic heterocycles. The summed E-state index contributed by atoms with van der Waals surface area (Å²) in [7, 11) is 0. The molecule has 2 aromatic rings. The summed E-state index contributed by atoms with van der Waals surface area (Å²) in [6.45, 7) is 0. The number of carboxylic acid groups (broad SMARTS) is 1. The van der Waals surface area contributed by atoms with Crippen LogP contribution in [0.2, 0.25) is 0 Å². The van der Waals surface area contributed by atoms with E-state index in [9.17, 15) is 4.79 Å². The first kappa shape index (κ1) is 12.1. The molecule has 0 radical (unpaired) electrons. The van der Waals surface area contributed by atoms with Crippen molar-refractivity contribution in [1.82, 2.24) is 9.97 Å². The molecule has 0 aliphatic rings. The summed E-state index contributed by atoms with van der Waals surface area (Å²) in [5.41, 5.74) is 0.478.